The maximum Gasteiger partial charge on any atom is 0.277 e. The fraction of sp³-hybridized carbons (Fsp3) is 0.250. The minimum Gasteiger partial charge on any atom is -0.411 e. The summed E-state index contributed by atoms with van der Waals surface area (Å²) in [6.07, 6.45) is 0. The monoisotopic (exact) mass is 401 g/mol. The molecule has 140 valence electrons. The van der Waals surface area contributed by atoms with Crippen molar-refractivity contribution < 1.29 is 9.21 Å². The molecule has 0 radical (unpaired) electrons. The molecule has 5 nitrogen and oxygen atoms in total. The molecule has 0 spiro atoms. The van der Waals surface area contributed by atoms with Crippen LogP contribution in [-0.4, -0.2) is 21.9 Å². The van der Waals surface area contributed by atoms with Gasteiger partial charge in [0.25, 0.3) is 5.22 Å². The summed E-state index contributed by atoms with van der Waals surface area (Å²) in [6, 6.07) is 15.1. The van der Waals surface area contributed by atoms with Crippen molar-refractivity contribution in [1.29, 1.82) is 0 Å². The second kappa shape index (κ2) is 8.15. The van der Waals surface area contributed by atoms with Crippen LogP contribution in [-0.2, 0) is 10.2 Å². The number of nitrogens with zero attached hydrogens (tertiary/aromatic N) is 2. The van der Waals surface area contributed by atoms with Gasteiger partial charge >= 0.3 is 0 Å². The number of thioether (sulfide) groups is 1. The lowest BCUT2D eigenvalue weighted by molar-refractivity contribution is -0.113. The first kappa shape index (κ1) is 19.5. The summed E-state index contributed by atoms with van der Waals surface area (Å²) in [5.41, 5.74) is 2.51. The second-order valence-corrected chi connectivity index (χ2v) is 8.32. The van der Waals surface area contributed by atoms with Gasteiger partial charge < -0.3 is 9.73 Å². The molecule has 1 heterocycles. The van der Waals surface area contributed by atoms with E-state index < -0.39 is 0 Å². The first-order valence-corrected chi connectivity index (χ1v) is 9.81. The maximum absolute atomic E-state index is 12.4. The Hall–Kier alpha value is -2.31. The molecule has 7 heteroatoms. The Bertz CT molecular complexity index is 950. The number of nitrogens with one attached hydrogen (secondary N) is 1. The lowest BCUT2D eigenvalue weighted by atomic mass is 9.86. The Morgan fingerprint density at radius 1 is 1.11 bits per heavy atom. The third kappa shape index (κ3) is 4.90. The smallest absolute Gasteiger partial charge is 0.277 e. The van der Waals surface area contributed by atoms with Crippen molar-refractivity contribution in [3.8, 4) is 11.5 Å². The summed E-state index contributed by atoms with van der Waals surface area (Å²) >= 11 is 7.33. The number of para-hydroxylation sites is 1. The highest BCUT2D eigenvalue weighted by Gasteiger charge is 2.19. The zero-order valence-corrected chi connectivity index (χ0v) is 16.9. The van der Waals surface area contributed by atoms with E-state index in [0.717, 1.165) is 11.3 Å². The zero-order valence-electron chi connectivity index (χ0n) is 15.3. The predicted octanol–water partition coefficient (Wildman–Crippen LogP) is 5.42. The Kier molecular flexibility index (Phi) is 5.87. The van der Waals surface area contributed by atoms with Crippen molar-refractivity contribution in [1.82, 2.24) is 10.2 Å². The fourth-order valence-electron chi connectivity index (χ4n) is 2.57. The van der Waals surface area contributed by atoms with Gasteiger partial charge in [0.2, 0.25) is 11.8 Å². The molecule has 0 bridgehead atoms. The molecule has 3 rings (SSSR count). The van der Waals surface area contributed by atoms with E-state index in [2.05, 4.69) is 36.3 Å². The van der Waals surface area contributed by atoms with Crippen molar-refractivity contribution in [3.63, 3.8) is 0 Å². The topological polar surface area (TPSA) is 68.0 Å². The SMILES string of the molecule is CC(C)(C)c1ccccc1NC(=O)CSc1nnc(-c2ccccc2Cl)o1. The third-order valence-electron chi connectivity index (χ3n) is 3.85. The molecule has 0 unspecified atom stereocenters. The summed E-state index contributed by atoms with van der Waals surface area (Å²) in [7, 11) is 0. The van der Waals surface area contributed by atoms with Crippen molar-refractivity contribution in [2.24, 2.45) is 0 Å². The van der Waals surface area contributed by atoms with Gasteiger partial charge in [-0.25, -0.2) is 0 Å². The average Bonchev–Trinajstić information content (AvgIpc) is 3.09. The fourth-order valence-corrected chi connectivity index (χ4v) is 3.35. The van der Waals surface area contributed by atoms with E-state index in [1.54, 1.807) is 12.1 Å². The minimum absolute atomic E-state index is 0.0621. The molecular formula is C20H20ClN3O2S. The van der Waals surface area contributed by atoms with Crippen LogP contribution in [0.5, 0.6) is 0 Å². The molecule has 27 heavy (non-hydrogen) atoms. The van der Waals surface area contributed by atoms with Gasteiger partial charge in [-0.1, -0.05) is 74.5 Å². The molecule has 1 amide bonds. The number of aromatic nitrogens is 2. The van der Waals surface area contributed by atoms with Gasteiger partial charge in [-0.3, -0.25) is 4.79 Å². The molecule has 1 N–H and O–H groups in total. The number of rotatable bonds is 5. The summed E-state index contributed by atoms with van der Waals surface area (Å²) in [5, 5.41) is 11.8. The number of carbonyl (C=O) groups is 1. The van der Waals surface area contributed by atoms with Crippen LogP contribution < -0.4 is 5.32 Å². The number of anilines is 1. The van der Waals surface area contributed by atoms with Crippen LogP contribution in [0.3, 0.4) is 0 Å². The van der Waals surface area contributed by atoms with E-state index >= 15 is 0 Å². The number of amides is 1. The van der Waals surface area contributed by atoms with Gasteiger partial charge in [0.1, 0.15) is 0 Å². The normalized spacial score (nSPS) is 11.4. The quantitative estimate of drug-likeness (QED) is 0.578. The molecule has 2 aromatic carbocycles. The molecule has 0 atom stereocenters. The molecule has 0 saturated carbocycles. The highest BCUT2D eigenvalue weighted by Crippen LogP contribution is 2.30. The van der Waals surface area contributed by atoms with Gasteiger partial charge in [-0.2, -0.15) is 0 Å². The van der Waals surface area contributed by atoms with Crippen LogP contribution in [0.25, 0.3) is 11.5 Å². The highest BCUT2D eigenvalue weighted by atomic mass is 35.5. The first-order valence-electron chi connectivity index (χ1n) is 8.45. The van der Waals surface area contributed by atoms with Crippen molar-refractivity contribution >= 4 is 35.0 Å². The number of hydrogen-bond acceptors (Lipinski definition) is 5. The van der Waals surface area contributed by atoms with E-state index in [9.17, 15) is 4.79 Å². The molecule has 0 aliphatic carbocycles. The second-order valence-electron chi connectivity index (χ2n) is 6.99. The molecule has 0 aliphatic rings. The third-order valence-corrected chi connectivity index (χ3v) is 4.99. The molecular weight excluding hydrogens is 382 g/mol. The minimum atomic E-state index is -0.130. The zero-order chi connectivity index (χ0) is 19.4. The maximum atomic E-state index is 12.4. The standard InChI is InChI=1S/C20H20ClN3O2S/c1-20(2,3)14-9-5-7-11-16(14)22-17(25)12-27-19-24-23-18(26-19)13-8-4-6-10-15(13)21/h4-11H,12H2,1-3H3,(H,22,25). The first-order chi connectivity index (χ1) is 12.8. The largest absolute Gasteiger partial charge is 0.411 e. The highest BCUT2D eigenvalue weighted by molar-refractivity contribution is 7.99. The van der Waals surface area contributed by atoms with Crippen LogP contribution in [0.2, 0.25) is 5.02 Å². The summed E-state index contributed by atoms with van der Waals surface area (Å²) in [4.78, 5) is 12.4. The molecule has 0 saturated heterocycles. The Labute approximate surface area is 167 Å². The Morgan fingerprint density at radius 3 is 2.56 bits per heavy atom. The van der Waals surface area contributed by atoms with Crippen LogP contribution >= 0.6 is 23.4 Å². The lowest BCUT2D eigenvalue weighted by Gasteiger charge is -2.22. The van der Waals surface area contributed by atoms with Crippen LogP contribution in [0.15, 0.2) is 58.2 Å². The Balaban J connectivity index is 1.64. The number of carbonyl (C=O) groups excluding carboxylic acids is 1. The summed E-state index contributed by atoms with van der Waals surface area (Å²) in [5.74, 6) is 0.374. The van der Waals surface area contributed by atoms with Crippen LogP contribution in [0.4, 0.5) is 5.69 Å². The van der Waals surface area contributed by atoms with Crippen LogP contribution in [0.1, 0.15) is 26.3 Å². The van der Waals surface area contributed by atoms with E-state index in [4.69, 9.17) is 16.0 Å². The van der Waals surface area contributed by atoms with Gasteiger partial charge in [0.15, 0.2) is 0 Å². The van der Waals surface area contributed by atoms with E-state index in [-0.39, 0.29) is 17.1 Å². The predicted molar refractivity (Wildman–Crippen MR) is 109 cm³/mol. The van der Waals surface area contributed by atoms with Crippen molar-refractivity contribution in [2.75, 3.05) is 11.1 Å². The van der Waals surface area contributed by atoms with Crippen LogP contribution in [0, 0.1) is 0 Å². The van der Waals surface area contributed by atoms with Gasteiger partial charge in [0.05, 0.1) is 16.3 Å². The average molecular weight is 402 g/mol. The van der Waals surface area contributed by atoms with Crippen molar-refractivity contribution in [2.45, 2.75) is 31.4 Å². The van der Waals surface area contributed by atoms with Crippen molar-refractivity contribution in [3.05, 3.63) is 59.1 Å². The molecule has 3 aromatic rings. The number of halogens is 1. The number of hydrogen-bond donors (Lipinski definition) is 1. The summed E-state index contributed by atoms with van der Waals surface area (Å²) in [6.45, 7) is 6.34. The summed E-state index contributed by atoms with van der Waals surface area (Å²) < 4.78 is 5.61. The van der Waals surface area contributed by atoms with Gasteiger partial charge in [-0.05, 0) is 29.2 Å². The van der Waals surface area contributed by atoms with E-state index in [0.29, 0.717) is 21.7 Å². The van der Waals surface area contributed by atoms with E-state index in [1.165, 1.54) is 11.8 Å². The molecule has 0 aliphatic heterocycles. The van der Waals surface area contributed by atoms with Gasteiger partial charge in [0, 0.05) is 5.69 Å². The van der Waals surface area contributed by atoms with E-state index in [1.807, 2.05) is 36.4 Å². The number of benzene rings is 2. The Morgan fingerprint density at radius 2 is 1.81 bits per heavy atom. The lowest BCUT2D eigenvalue weighted by Crippen LogP contribution is -2.19. The molecule has 1 aromatic heterocycles. The molecule has 0 fully saturated rings. The van der Waals surface area contributed by atoms with Gasteiger partial charge in [-0.15, -0.1) is 10.2 Å².